The lowest BCUT2D eigenvalue weighted by atomic mass is 10.2. The van der Waals surface area contributed by atoms with Crippen molar-refractivity contribution >= 4 is 29.2 Å². The van der Waals surface area contributed by atoms with E-state index in [4.69, 9.17) is 11.6 Å². The van der Waals surface area contributed by atoms with Gasteiger partial charge in [0.25, 0.3) is 5.91 Å². The Balaban J connectivity index is 1.76. The maximum Gasteiger partial charge on any atom is 0.280 e. The van der Waals surface area contributed by atoms with Gasteiger partial charge >= 0.3 is 0 Å². The first kappa shape index (κ1) is 18.5. The lowest BCUT2D eigenvalue weighted by Crippen LogP contribution is -2.33. The predicted octanol–water partition coefficient (Wildman–Crippen LogP) is 3.21. The fourth-order valence-electron chi connectivity index (χ4n) is 2.31. The van der Waals surface area contributed by atoms with E-state index < -0.39 is 5.91 Å². The number of phenols is 1. The molecule has 1 aromatic heterocycles. The molecule has 8 heteroatoms. The molecule has 138 valence electrons. The Morgan fingerprint density at radius 1 is 1.19 bits per heavy atom. The molecule has 0 fully saturated rings. The number of nitrogens with one attached hydrogen (secondary N) is 3. The fourth-order valence-corrected chi connectivity index (χ4v) is 2.44. The summed E-state index contributed by atoms with van der Waals surface area (Å²) in [5.41, 5.74) is 1.73. The molecule has 0 saturated heterocycles. The molecule has 0 unspecified atom stereocenters. The van der Waals surface area contributed by atoms with Gasteiger partial charge in [-0.15, -0.1) is 0 Å². The minimum Gasteiger partial charge on any atom is -0.506 e. The van der Waals surface area contributed by atoms with Crippen LogP contribution >= 0.6 is 11.6 Å². The monoisotopic (exact) mass is 383 g/mol. The molecule has 0 aliphatic carbocycles. The molecular weight excluding hydrogens is 366 g/mol. The molecule has 0 aliphatic heterocycles. The molecule has 2 aromatic carbocycles. The normalized spacial score (nSPS) is 11.2. The number of amides is 1. The van der Waals surface area contributed by atoms with Crippen LogP contribution in [0.25, 0.3) is 0 Å². The maximum absolute atomic E-state index is 12.4. The Labute approximate surface area is 161 Å². The molecule has 0 spiro atoms. The molecule has 0 saturated carbocycles. The van der Waals surface area contributed by atoms with Crippen molar-refractivity contribution in [3.05, 3.63) is 77.3 Å². The summed E-state index contributed by atoms with van der Waals surface area (Å²) in [6.07, 6.45) is 4.04. The van der Waals surface area contributed by atoms with E-state index in [2.05, 4.69) is 25.6 Å². The summed E-state index contributed by atoms with van der Waals surface area (Å²) in [4.78, 5) is 23.6. The standard InChI is InChI=1S/C19H18ClN5O2/c20-14-7-5-13(6-8-14)18(27)25-19(22-10-9-15-11-21-12-23-15)24-16-3-1-2-4-17(16)26/h1-8,11-12,26H,9-10H2,(H,21,23)(H2,22,24,25,27). The van der Waals surface area contributed by atoms with Gasteiger partial charge in [0.1, 0.15) is 5.75 Å². The van der Waals surface area contributed by atoms with E-state index in [0.29, 0.717) is 29.2 Å². The highest BCUT2D eigenvalue weighted by Gasteiger charge is 2.09. The Bertz CT molecular complexity index is 924. The van der Waals surface area contributed by atoms with Crippen LogP contribution in [-0.2, 0) is 6.42 Å². The summed E-state index contributed by atoms with van der Waals surface area (Å²) in [6, 6.07) is 13.2. The third-order valence-electron chi connectivity index (χ3n) is 3.69. The first-order valence-electron chi connectivity index (χ1n) is 8.27. The largest absolute Gasteiger partial charge is 0.506 e. The topological polar surface area (TPSA) is 102 Å². The average Bonchev–Trinajstić information content (AvgIpc) is 3.17. The quantitative estimate of drug-likeness (QED) is 0.308. The molecular formula is C19H18ClN5O2. The third-order valence-corrected chi connectivity index (χ3v) is 3.94. The van der Waals surface area contributed by atoms with Crippen LogP contribution in [0.15, 0.2) is 66.0 Å². The number of nitrogens with zero attached hydrogens (tertiary/aromatic N) is 2. The summed E-state index contributed by atoms with van der Waals surface area (Å²) in [5.74, 6) is -0.151. The van der Waals surface area contributed by atoms with Crippen LogP contribution in [0.1, 0.15) is 16.1 Å². The predicted molar refractivity (Wildman–Crippen MR) is 105 cm³/mol. The molecule has 0 atom stereocenters. The van der Waals surface area contributed by atoms with Gasteiger partial charge in [0, 0.05) is 29.7 Å². The number of rotatable bonds is 5. The average molecular weight is 384 g/mol. The molecule has 7 nitrogen and oxygen atoms in total. The zero-order chi connectivity index (χ0) is 19.1. The van der Waals surface area contributed by atoms with Crippen LogP contribution in [0.5, 0.6) is 5.75 Å². The number of benzene rings is 2. The Morgan fingerprint density at radius 2 is 1.96 bits per heavy atom. The molecule has 1 amide bonds. The number of carbonyl (C=O) groups is 1. The third kappa shape index (κ3) is 5.32. The number of aliphatic imine (C=N–C) groups is 1. The molecule has 3 rings (SSSR count). The molecule has 0 bridgehead atoms. The summed E-state index contributed by atoms with van der Waals surface area (Å²) >= 11 is 5.86. The van der Waals surface area contributed by atoms with E-state index >= 15 is 0 Å². The molecule has 3 aromatic rings. The zero-order valence-electron chi connectivity index (χ0n) is 14.3. The Kier molecular flexibility index (Phi) is 6.06. The lowest BCUT2D eigenvalue weighted by Gasteiger charge is -2.13. The lowest BCUT2D eigenvalue weighted by molar-refractivity contribution is 0.100. The molecule has 4 N–H and O–H groups in total. The summed E-state index contributed by atoms with van der Waals surface area (Å²) in [5, 5.41) is 16.5. The van der Waals surface area contributed by atoms with Gasteiger partial charge in [-0.25, -0.2) is 4.98 Å². The number of halogens is 1. The second-order valence-electron chi connectivity index (χ2n) is 5.65. The smallest absolute Gasteiger partial charge is 0.280 e. The van der Waals surface area contributed by atoms with E-state index in [1.807, 2.05) is 0 Å². The number of guanidine groups is 1. The maximum atomic E-state index is 12.4. The van der Waals surface area contributed by atoms with E-state index in [9.17, 15) is 9.90 Å². The van der Waals surface area contributed by atoms with Gasteiger partial charge in [-0.3, -0.25) is 4.79 Å². The van der Waals surface area contributed by atoms with Crippen LogP contribution in [0, 0.1) is 0 Å². The minimum absolute atomic E-state index is 0.0539. The number of hydrogen-bond donors (Lipinski definition) is 4. The zero-order valence-corrected chi connectivity index (χ0v) is 15.1. The highest BCUT2D eigenvalue weighted by Crippen LogP contribution is 2.21. The number of phenolic OH excluding ortho intramolecular Hbond substituents is 1. The highest BCUT2D eigenvalue weighted by atomic mass is 35.5. The summed E-state index contributed by atoms with van der Waals surface area (Å²) in [6.45, 7) is 0.498. The fraction of sp³-hybridized carbons (Fsp3) is 0.105. The highest BCUT2D eigenvalue weighted by molar-refractivity contribution is 6.30. The van der Waals surface area contributed by atoms with Gasteiger partial charge < -0.3 is 20.7 Å². The molecule has 0 radical (unpaired) electrons. The van der Waals surface area contributed by atoms with Gasteiger partial charge in [0.15, 0.2) is 0 Å². The number of H-pyrrole nitrogens is 1. The second-order valence-corrected chi connectivity index (χ2v) is 6.09. The SMILES string of the molecule is O=C(/N=C(/NCCc1c[nH]cn1)Nc1ccccc1O)c1ccc(Cl)cc1. The van der Waals surface area contributed by atoms with Gasteiger partial charge in [-0.2, -0.15) is 4.99 Å². The van der Waals surface area contributed by atoms with Crippen LogP contribution in [0.2, 0.25) is 5.02 Å². The van der Waals surface area contributed by atoms with Crippen molar-refractivity contribution in [1.29, 1.82) is 0 Å². The van der Waals surface area contributed by atoms with E-state index in [0.717, 1.165) is 5.69 Å². The van der Waals surface area contributed by atoms with Crippen molar-refractivity contribution in [2.45, 2.75) is 6.42 Å². The number of hydrogen-bond acceptors (Lipinski definition) is 3. The van der Waals surface area contributed by atoms with Gasteiger partial charge in [0.2, 0.25) is 5.96 Å². The van der Waals surface area contributed by atoms with Gasteiger partial charge in [-0.05, 0) is 36.4 Å². The second kappa shape index (κ2) is 8.86. The van der Waals surface area contributed by atoms with Crippen LogP contribution in [0.3, 0.4) is 0 Å². The van der Waals surface area contributed by atoms with Crippen molar-refractivity contribution in [3.63, 3.8) is 0 Å². The number of aromatic hydroxyl groups is 1. The van der Waals surface area contributed by atoms with Crippen LogP contribution in [0.4, 0.5) is 5.69 Å². The van der Waals surface area contributed by atoms with E-state index in [-0.39, 0.29) is 11.7 Å². The van der Waals surface area contributed by atoms with Gasteiger partial charge in [-0.1, -0.05) is 23.7 Å². The van der Waals surface area contributed by atoms with Crippen molar-refractivity contribution in [1.82, 2.24) is 15.3 Å². The molecule has 1 heterocycles. The van der Waals surface area contributed by atoms with E-state index in [1.165, 1.54) is 0 Å². The Hall–Kier alpha value is -3.32. The number of imidazole rings is 1. The van der Waals surface area contributed by atoms with Crippen molar-refractivity contribution in [2.24, 2.45) is 4.99 Å². The van der Waals surface area contributed by atoms with Crippen molar-refractivity contribution in [2.75, 3.05) is 11.9 Å². The number of anilines is 1. The van der Waals surface area contributed by atoms with Crippen LogP contribution < -0.4 is 10.6 Å². The first-order chi connectivity index (χ1) is 13.1. The molecule has 27 heavy (non-hydrogen) atoms. The molecule has 0 aliphatic rings. The summed E-state index contributed by atoms with van der Waals surface area (Å²) in [7, 11) is 0. The number of aromatic nitrogens is 2. The first-order valence-corrected chi connectivity index (χ1v) is 8.65. The van der Waals surface area contributed by atoms with Crippen LogP contribution in [-0.4, -0.2) is 33.5 Å². The minimum atomic E-state index is -0.433. The van der Waals surface area contributed by atoms with Crippen molar-refractivity contribution < 1.29 is 9.90 Å². The van der Waals surface area contributed by atoms with Gasteiger partial charge in [0.05, 0.1) is 17.7 Å². The van der Waals surface area contributed by atoms with E-state index in [1.54, 1.807) is 61.1 Å². The Morgan fingerprint density at radius 3 is 2.67 bits per heavy atom. The van der Waals surface area contributed by atoms with Crippen molar-refractivity contribution in [3.8, 4) is 5.75 Å². The number of para-hydroxylation sites is 2. The summed E-state index contributed by atoms with van der Waals surface area (Å²) < 4.78 is 0. The number of aromatic amines is 1. The number of carbonyl (C=O) groups excluding carboxylic acids is 1.